The molecule has 4 aromatic heterocycles. The van der Waals surface area contributed by atoms with Crippen molar-refractivity contribution in [2.24, 2.45) is 0 Å². The van der Waals surface area contributed by atoms with Crippen LogP contribution >= 0.6 is 11.6 Å². The zero-order chi connectivity index (χ0) is 24.9. The summed E-state index contributed by atoms with van der Waals surface area (Å²) in [7, 11) is 0. The van der Waals surface area contributed by atoms with Crippen LogP contribution in [0.4, 0.5) is 0 Å². The summed E-state index contributed by atoms with van der Waals surface area (Å²) < 4.78 is 1.69. The van der Waals surface area contributed by atoms with E-state index in [1.807, 2.05) is 49.4 Å². The predicted octanol–water partition coefficient (Wildman–Crippen LogP) is 4.53. The number of unbranched alkanes of at least 4 members (excludes halogenated alkanes) is 1. The van der Waals surface area contributed by atoms with Gasteiger partial charge in [0.1, 0.15) is 0 Å². The monoisotopic (exact) mass is 500 g/mol. The minimum absolute atomic E-state index is 0.256. The summed E-state index contributed by atoms with van der Waals surface area (Å²) in [6, 6.07) is 15.7. The molecule has 0 spiro atoms. The molecule has 5 rings (SSSR count). The van der Waals surface area contributed by atoms with Gasteiger partial charge in [-0.2, -0.15) is 5.10 Å². The summed E-state index contributed by atoms with van der Waals surface area (Å²) >= 11 is 6.33. The van der Waals surface area contributed by atoms with Gasteiger partial charge in [-0.25, -0.2) is 0 Å². The van der Waals surface area contributed by atoms with Crippen LogP contribution in [0, 0.1) is 6.92 Å². The van der Waals surface area contributed by atoms with Crippen LogP contribution in [0.1, 0.15) is 40.3 Å². The number of rotatable bonds is 9. The van der Waals surface area contributed by atoms with E-state index in [4.69, 9.17) is 11.6 Å². The summed E-state index contributed by atoms with van der Waals surface area (Å²) in [4.78, 5) is 19.9. The predicted molar refractivity (Wildman–Crippen MR) is 137 cm³/mol. The second-order valence-electron chi connectivity index (χ2n) is 8.62. The molecule has 0 aliphatic heterocycles. The third kappa shape index (κ3) is 5.58. The lowest BCUT2D eigenvalue weighted by atomic mass is 10.1. The van der Waals surface area contributed by atoms with Gasteiger partial charge >= 0.3 is 0 Å². The van der Waals surface area contributed by atoms with Crippen LogP contribution < -0.4 is 5.32 Å². The zero-order valence-corrected chi connectivity index (χ0v) is 20.5. The number of hydrogen-bond acceptors (Lipinski definition) is 6. The van der Waals surface area contributed by atoms with E-state index in [-0.39, 0.29) is 5.91 Å². The molecule has 0 aliphatic rings. The van der Waals surface area contributed by atoms with E-state index >= 15 is 0 Å². The first-order valence-corrected chi connectivity index (χ1v) is 12.1. The zero-order valence-electron chi connectivity index (χ0n) is 19.8. The van der Waals surface area contributed by atoms with Crippen LogP contribution in [0.5, 0.6) is 0 Å². The Labute approximate surface area is 212 Å². The highest BCUT2D eigenvalue weighted by Crippen LogP contribution is 2.29. The Morgan fingerprint density at radius 3 is 2.81 bits per heavy atom. The highest BCUT2D eigenvalue weighted by molar-refractivity contribution is 6.33. The summed E-state index contributed by atoms with van der Waals surface area (Å²) in [6.45, 7) is 2.98. The number of nitrogens with zero attached hydrogens (tertiary/aromatic N) is 6. The standard InChI is InChI=1S/C26H25ClN8O/c1-17-9-10-18(14-28-17)15-29-26(36)24-16-35(34-32-24)11-5-4-6-20-12-19-13-23(30-25(19)33-31-20)21-7-2-3-8-22(21)27/h2-3,7-10,12-14,16H,4-6,11,15H2,1H3,(H,29,36)(H,30,33). The van der Waals surface area contributed by atoms with Crippen molar-refractivity contribution in [3.63, 3.8) is 0 Å². The molecule has 0 saturated heterocycles. The highest BCUT2D eigenvalue weighted by atomic mass is 35.5. The number of nitrogens with one attached hydrogen (secondary N) is 2. The summed E-state index contributed by atoms with van der Waals surface area (Å²) in [5, 5.41) is 21.3. The molecule has 1 aromatic carbocycles. The fourth-order valence-corrected chi connectivity index (χ4v) is 4.13. The third-order valence-electron chi connectivity index (χ3n) is 5.86. The maximum atomic E-state index is 12.4. The number of carbonyl (C=O) groups excluding carboxylic acids is 1. The molecule has 0 atom stereocenters. The Morgan fingerprint density at radius 2 is 1.97 bits per heavy atom. The molecular weight excluding hydrogens is 476 g/mol. The number of halogens is 1. The number of fused-ring (bicyclic) bond motifs is 1. The molecule has 2 N–H and O–H groups in total. The average molecular weight is 501 g/mol. The number of H-pyrrole nitrogens is 1. The van der Waals surface area contributed by atoms with Crippen LogP contribution in [0.3, 0.4) is 0 Å². The second kappa shape index (κ2) is 10.7. The molecule has 0 bridgehead atoms. The quantitative estimate of drug-likeness (QED) is 0.287. The molecule has 0 aliphatic carbocycles. The van der Waals surface area contributed by atoms with Gasteiger partial charge in [0.05, 0.1) is 11.9 Å². The van der Waals surface area contributed by atoms with Crippen molar-refractivity contribution in [2.45, 2.75) is 39.3 Å². The molecule has 4 heterocycles. The molecular formula is C26H25ClN8O. The maximum Gasteiger partial charge on any atom is 0.273 e. The summed E-state index contributed by atoms with van der Waals surface area (Å²) in [5.74, 6) is -0.256. The van der Waals surface area contributed by atoms with Gasteiger partial charge in [0, 0.05) is 46.6 Å². The van der Waals surface area contributed by atoms with Gasteiger partial charge in [0.15, 0.2) is 11.3 Å². The Bertz CT molecular complexity index is 1490. The number of aromatic amines is 1. The lowest BCUT2D eigenvalue weighted by Gasteiger charge is -2.03. The van der Waals surface area contributed by atoms with E-state index in [1.165, 1.54) is 0 Å². The van der Waals surface area contributed by atoms with Crippen molar-refractivity contribution < 1.29 is 4.79 Å². The minimum atomic E-state index is -0.256. The summed E-state index contributed by atoms with van der Waals surface area (Å²) in [5.41, 5.74) is 5.69. The first kappa shape index (κ1) is 23.6. The second-order valence-corrected chi connectivity index (χ2v) is 9.02. The lowest BCUT2D eigenvalue weighted by Crippen LogP contribution is -2.23. The van der Waals surface area contributed by atoms with Crippen LogP contribution in [-0.2, 0) is 19.5 Å². The van der Waals surface area contributed by atoms with Gasteiger partial charge in [-0.3, -0.25) is 14.5 Å². The smallest absolute Gasteiger partial charge is 0.273 e. The molecule has 9 nitrogen and oxygen atoms in total. The van der Waals surface area contributed by atoms with Gasteiger partial charge in [-0.1, -0.05) is 41.1 Å². The SMILES string of the molecule is Cc1ccc(CNC(=O)c2cn(CCCCc3cc4cc(-c5ccccc5Cl)[nH]c4nn3)nn2)cn1. The van der Waals surface area contributed by atoms with Gasteiger partial charge in [0.25, 0.3) is 5.91 Å². The topological polar surface area (TPSA) is 114 Å². The number of hydrogen-bond donors (Lipinski definition) is 2. The average Bonchev–Trinajstić information content (AvgIpc) is 3.53. The highest BCUT2D eigenvalue weighted by Gasteiger charge is 2.11. The molecule has 182 valence electrons. The molecule has 36 heavy (non-hydrogen) atoms. The fraction of sp³-hybridized carbons (Fsp3) is 0.231. The fourth-order valence-electron chi connectivity index (χ4n) is 3.89. The molecule has 0 radical (unpaired) electrons. The Morgan fingerprint density at radius 1 is 1.08 bits per heavy atom. The van der Waals surface area contributed by atoms with Crippen molar-refractivity contribution in [3.8, 4) is 11.3 Å². The van der Waals surface area contributed by atoms with Crippen LogP contribution in [0.2, 0.25) is 5.02 Å². The van der Waals surface area contributed by atoms with Crippen molar-refractivity contribution in [2.75, 3.05) is 0 Å². The minimum Gasteiger partial charge on any atom is -0.346 e. The normalized spacial score (nSPS) is 11.2. The molecule has 10 heteroatoms. The molecule has 1 amide bonds. The first-order valence-electron chi connectivity index (χ1n) is 11.8. The molecule has 0 unspecified atom stereocenters. The van der Waals surface area contributed by atoms with Crippen molar-refractivity contribution in [1.29, 1.82) is 0 Å². The van der Waals surface area contributed by atoms with E-state index in [9.17, 15) is 4.79 Å². The van der Waals surface area contributed by atoms with E-state index in [0.717, 1.165) is 58.5 Å². The number of aryl methyl sites for hydroxylation is 3. The van der Waals surface area contributed by atoms with Crippen molar-refractivity contribution >= 4 is 28.5 Å². The van der Waals surface area contributed by atoms with E-state index < -0.39 is 0 Å². The number of benzene rings is 1. The van der Waals surface area contributed by atoms with Crippen LogP contribution in [0.25, 0.3) is 22.3 Å². The van der Waals surface area contributed by atoms with E-state index in [0.29, 0.717) is 23.8 Å². The lowest BCUT2D eigenvalue weighted by molar-refractivity contribution is 0.0946. The first-order chi connectivity index (χ1) is 17.5. The van der Waals surface area contributed by atoms with E-state index in [1.54, 1.807) is 17.1 Å². The Kier molecular flexibility index (Phi) is 6.99. The summed E-state index contributed by atoms with van der Waals surface area (Å²) in [6.07, 6.45) is 6.00. The van der Waals surface area contributed by atoms with Crippen molar-refractivity contribution in [1.82, 2.24) is 40.5 Å². The van der Waals surface area contributed by atoms with Gasteiger partial charge in [-0.15, -0.1) is 10.2 Å². The third-order valence-corrected chi connectivity index (χ3v) is 6.19. The van der Waals surface area contributed by atoms with Gasteiger partial charge in [-0.05, 0) is 56.0 Å². The van der Waals surface area contributed by atoms with Crippen molar-refractivity contribution in [3.05, 3.63) is 88.6 Å². The largest absolute Gasteiger partial charge is 0.346 e. The van der Waals surface area contributed by atoms with E-state index in [2.05, 4.69) is 41.9 Å². The van der Waals surface area contributed by atoms with Gasteiger partial charge in [0.2, 0.25) is 0 Å². The van der Waals surface area contributed by atoms with Crippen LogP contribution in [0.15, 0.2) is 60.9 Å². The molecule has 0 fully saturated rings. The molecule has 0 saturated carbocycles. The number of pyridine rings is 1. The molecule has 5 aromatic rings. The number of amides is 1. The maximum absolute atomic E-state index is 12.4. The number of aromatic nitrogens is 7. The van der Waals surface area contributed by atoms with Crippen LogP contribution in [-0.4, -0.2) is 41.1 Å². The Hall–Kier alpha value is -4.11. The Balaban J connectivity index is 1.11. The number of carbonyl (C=O) groups is 1. The van der Waals surface area contributed by atoms with Gasteiger partial charge < -0.3 is 10.3 Å².